The summed E-state index contributed by atoms with van der Waals surface area (Å²) in [5, 5.41) is 14.8. The summed E-state index contributed by atoms with van der Waals surface area (Å²) in [5.74, 6) is -0.0170. The van der Waals surface area contributed by atoms with Crippen LogP contribution in [0.2, 0.25) is 0 Å². The van der Waals surface area contributed by atoms with Gasteiger partial charge in [-0.15, -0.1) is 0 Å². The smallest absolute Gasteiger partial charge is 0.225 e. The van der Waals surface area contributed by atoms with Crippen LogP contribution in [0.15, 0.2) is 24.3 Å². The Balaban J connectivity index is 2.67. The predicted octanol–water partition coefficient (Wildman–Crippen LogP) is 2.04. The highest BCUT2D eigenvalue weighted by molar-refractivity contribution is 5.90. The molecule has 0 spiro atoms. The normalized spacial score (nSPS) is 10.8. The first-order valence-electron chi connectivity index (χ1n) is 5.96. The molecule has 4 heteroatoms. The highest BCUT2D eigenvalue weighted by Crippen LogP contribution is 2.23. The van der Waals surface area contributed by atoms with Crippen molar-refractivity contribution < 1.29 is 4.79 Å². The fourth-order valence-electron chi connectivity index (χ4n) is 1.50. The molecule has 4 nitrogen and oxygen atoms in total. The Morgan fingerprint density at radius 3 is 2.44 bits per heavy atom. The average Bonchev–Trinajstić information content (AvgIpc) is 2.37. The van der Waals surface area contributed by atoms with E-state index in [4.69, 9.17) is 5.26 Å². The minimum Gasteiger partial charge on any atom is -0.326 e. The lowest BCUT2D eigenvalue weighted by atomic mass is 9.86. The summed E-state index contributed by atoms with van der Waals surface area (Å²) >= 11 is 0. The number of carbonyl (C=O) groups is 1. The summed E-state index contributed by atoms with van der Waals surface area (Å²) in [6.07, 6.45) is 0.446. The van der Waals surface area contributed by atoms with Crippen molar-refractivity contribution in [1.82, 2.24) is 5.32 Å². The number of hydrogen-bond acceptors (Lipinski definition) is 3. The molecule has 2 N–H and O–H groups in total. The van der Waals surface area contributed by atoms with Crippen LogP contribution in [0.5, 0.6) is 0 Å². The third-order valence-corrected chi connectivity index (χ3v) is 2.77. The Bertz CT molecular complexity index is 443. The molecule has 0 atom stereocenters. The first-order valence-corrected chi connectivity index (χ1v) is 5.96. The van der Waals surface area contributed by atoms with E-state index < -0.39 is 5.41 Å². The van der Waals surface area contributed by atoms with Gasteiger partial charge in [0, 0.05) is 18.7 Å². The lowest BCUT2D eigenvalue weighted by molar-refractivity contribution is -0.116. The molecular formula is C14H19N3O. The minimum atomic E-state index is -0.505. The molecule has 1 aromatic rings. The first-order chi connectivity index (χ1) is 8.49. The van der Waals surface area contributed by atoms with E-state index in [1.807, 2.05) is 45.2 Å². The SMILES string of the molecule is CNCCC(=O)Nc1ccc(C(C)(C)C#N)cc1. The van der Waals surface area contributed by atoms with Crippen LogP contribution in [-0.4, -0.2) is 19.5 Å². The van der Waals surface area contributed by atoms with Gasteiger partial charge in [-0.2, -0.15) is 5.26 Å². The third-order valence-electron chi connectivity index (χ3n) is 2.77. The Morgan fingerprint density at radius 1 is 1.33 bits per heavy atom. The molecule has 0 fully saturated rings. The van der Waals surface area contributed by atoms with Gasteiger partial charge in [-0.1, -0.05) is 12.1 Å². The van der Waals surface area contributed by atoms with Crippen LogP contribution in [0.3, 0.4) is 0 Å². The molecule has 1 rings (SSSR count). The van der Waals surface area contributed by atoms with Crippen LogP contribution < -0.4 is 10.6 Å². The van der Waals surface area contributed by atoms with E-state index in [-0.39, 0.29) is 5.91 Å². The monoisotopic (exact) mass is 245 g/mol. The lowest BCUT2D eigenvalue weighted by Gasteiger charge is -2.16. The quantitative estimate of drug-likeness (QED) is 0.834. The van der Waals surface area contributed by atoms with Crippen molar-refractivity contribution in [3.8, 4) is 6.07 Å². The van der Waals surface area contributed by atoms with E-state index in [0.29, 0.717) is 13.0 Å². The van der Waals surface area contributed by atoms with Crippen molar-refractivity contribution in [3.63, 3.8) is 0 Å². The molecule has 0 radical (unpaired) electrons. The zero-order valence-corrected chi connectivity index (χ0v) is 11.1. The maximum absolute atomic E-state index is 11.5. The number of nitrogens with one attached hydrogen (secondary N) is 2. The molecule has 0 aromatic heterocycles. The zero-order valence-electron chi connectivity index (χ0n) is 11.1. The Kier molecular flexibility index (Phi) is 4.87. The summed E-state index contributed by atoms with van der Waals surface area (Å²) in [6, 6.07) is 9.64. The van der Waals surface area contributed by atoms with E-state index >= 15 is 0 Å². The van der Waals surface area contributed by atoms with Crippen LogP contribution >= 0.6 is 0 Å². The molecule has 1 aromatic carbocycles. The Morgan fingerprint density at radius 2 is 1.94 bits per heavy atom. The lowest BCUT2D eigenvalue weighted by Crippen LogP contribution is -2.19. The molecule has 0 bridgehead atoms. The Labute approximate surface area is 108 Å². The van der Waals surface area contributed by atoms with Gasteiger partial charge in [0.1, 0.15) is 0 Å². The van der Waals surface area contributed by atoms with Gasteiger partial charge < -0.3 is 10.6 Å². The van der Waals surface area contributed by atoms with E-state index in [2.05, 4.69) is 16.7 Å². The van der Waals surface area contributed by atoms with Gasteiger partial charge in [-0.05, 0) is 38.6 Å². The van der Waals surface area contributed by atoms with Crippen LogP contribution in [-0.2, 0) is 10.2 Å². The minimum absolute atomic E-state index is 0.0170. The van der Waals surface area contributed by atoms with E-state index in [1.165, 1.54) is 0 Å². The van der Waals surface area contributed by atoms with E-state index in [1.54, 1.807) is 0 Å². The highest BCUT2D eigenvalue weighted by Gasteiger charge is 2.19. The molecule has 18 heavy (non-hydrogen) atoms. The fourth-order valence-corrected chi connectivity index (χ4v) is 1.50. The van der Waals surface area contributed by atoms with Gasteiger partial charge in [-0.25, -0.2) is 0 Å². The maximum Gasteiger partial charge on any atom is 0.225 e. The second-order valence-electron chi connectivity index (χ2n) is 4.72. The molecule has 0 saturated heterocycles. The van der Waals surface area contributed by atoms with Gasteiger partial charge >= 0.3 is 0 Å². The number of anilines is 1. The van der Waals surface area contributed by atoms with Crippen LogP contribution in [0.25, 0.3) is 0 Å². The standard InChI is InChI=1S/C14H19N3O/c1-14(2,10-15)11-4-6-12(7-5-11)17-13(18)8-9-16-3/h4-7,16H,8-9H2,1-3H3,(H,17,18). The highest BCUT2D eigenvalue weighted by atomic mass is 16.1. The van der Waals surface area contributed by atoms with Crippen molar-refractivity contribution in [2.75, 3.05) is 18.9 Å². The topological polar surface area (TPSA) is 64.9 Å². The second kappa shape index (κ2) is 6.18. The van der Waals surface area contributed by atoms with Crippen LogP contribution in [0.1, 0.15) is 25.8 Å². The number of nitriles is 1. The van der Waals surface area contributed by atoms with Gasteiger partial charge in [0.25, 0.3) is 0 Å². The number of rotatable bonds is 5. The largest absolute Gasteiger partial charge is 0.326 e. The van der Waals surface area contributed by atoms with E-state index in [9.17, 15) is 4.79 Å². The number of benzene rings is 1. The number of carbonyl (C=O) groups excluding carboxylic acids is 1. The molecule has 0 aliphatic carbocycles. The van der Waals surface area contributed by atoms with Gasteiger partial charge in [0.2, 0.25) is 5.91 Å². The van der Waals surface area contributed by atoms with Crippen LogP contribution in [0.4, 0.5) is 5.69 Å². The summed E-state index contributed by atoms with van der Waals surface area (Å²) in [5.41, 5.74) is 1.20. The van der Waals surface area contributed by atoms with Crippen molar-refractivity contribution in [2.45, 2.75) is 25.7 Å². The molecule has 0 saturated carbocycles. The fraction of sp³-hybridized carbons (Fsp3) is 0.429. The van der Waals surface area contributed by atoms with Crippen molar-refractivity contribution in [3.05, 3.63) is 29.8 Å². The molecular weight excluding hydrogens is 226 g/mol. The second-order valence-corrected chi connectivity index (χ2v) is 4.72. The number of hydrogen-bond donors (Lipinski definition) is 2. The zero-order chi connectivity index (χ0) is 13.6. The van der Waals surface area contributed by atoms with Crippen molar-refractivity contribution >= 4 is 11.6 Å². The molecule has 0 unspecified atom stereocenters. The first kappa shape index (κ1) is 14.2. The Hall–Kier alpha value is -1.86. The van der Waals surface area contributed by atoms with E-state index in [0.717, 1.165) is 11.3 Å². The van der Waals surface area contributed by atoms with Crippen LogP contribution in [0, 0.1) is 11.3 Å². The van der Waals surface area contributed by atoms with Gasteiger partial charge in [0.15, 0.2) is 0 Å². The summed E-state index contributed by atoms with van der Waals surface area (Å²) in [6.45, 7) is 4.40. The molecule has 0 heterocycles. The molecule has 96 valence electrons. The summed E-state index contributed by atoms with van der Waals surface area (Å²) in [7, 11) is 1.81. The van der Waals surface area contributed by atoms with Crippen molar-refractivity contribution in [1.29, 1.82) is 5.26 Å². The summed E-state index contributed by atoms with van der Waals surface area (Å²) in [4.78, 5) is 11.5. The predicted molar refractivity (Wildman–Crippen MR) is 72.3 cm³/mol. The third kappa shape index (κ3) is 3.86. The average molecular weight is 245 g/mol. The number of amides is 1. The molecule has 1 amide bonds. The maximum atomic E-state index is 11.5. The molecule has 0 aliphatic heterocycles. The van der Waals surface area contributed by atoms with Gasteiger partial charge in [-0.3, -0.25) is 4.79 Å². The summed E-state index contributed by atoms with van der Waals surface area (Å²) < 4.78 is 0. The number of nitrogens with zero attached hydrogens (tertiary/aromatic N) is 1. The van der Waals surface area contributed by atoms with Crippen molar-refractivity contribution in [2.24, 2.45) is 0 Å². The molecule has 0 aliphatic rings. The van der Waals surface area contributed by atoms with Gasteiger partial charge in [0.05, 0.1) is 11.5 Å².